The van der Waals surface area contributed by atoms with Crippen LogP contribution in [0.15, 0.2) is 42.7 Å². The molecule has 0 bridgehead atoms. The average molecular weight is 329 g/mol. The van der Waals surface area contributed by atoms with Crippen molar-refractivity contribution in [3.8, 4) is 5.88 Å². The lowest BCUT2D eigenvalue weighted by Gasteiger charge is -2.30. The number of aromatic nitrogens is 2. The van der Waals surface area contributed by atoms with E-state index < -0.39 is 0 Å². The average Bonchev–Trinajstić information content (AvgIpc) is 2.63. The molecule has 0 radical (unpaired) electrons. The van der Waals surface area contributed by atoms with Gasteiger partial charge in [0.05, 0.1) is 31.5 Å². The van der Waals surface area contributed by atoms with Crippen molar-refractivity contribution in [2.24, 2.45) is 0 Å². The van der Waals surface area contributed by atoms with E-state index in [9.17, 15) is 9.90 Å². The molecule has 0 saturated carbocycles. The molecule has 1 N–H and O–H groups in total. The van der Waals surface area contributed by atoms with Gasteiger partial charge in [-0.2, -0.15) is 0 Å². The Bertz CT molecular complexity index is 645. The molecule has 6 nitrogen and oxygen atoms in total. The lowest BCUT2D eigenvalue weighted by atomic mass is 10.1. The van der Waals surface area contributed by atoms with Crippen LogP contribution in [0.1, 0.15) is 36.3 Å². The number of aliphatic hydroxyl groups is 1. The first kappa shape index (κ1) is 17.9. The fourth-order valence-corrected chi connectivity index (χ4v) is 2.44. The third-order valence-electron chi connectivity index (χ3n) is 3.72. The van der Waals surface area contributed by atoms with Gasteiger partial charge in [0.1, 0.15) is 5.56 Å². The summed E-state index contributed by atoms with van der Waals surface area (Å²) in [5.41, 5.74) is 1.15. The number of pyridine rings is 2. The van der Waals surface area contributed by atoms with Gasteiger partial charge in [0.25, 0.3) is 5.91 Å². The largest absolute Gasteiger partial charge is 0.477 e. The van der Waals surface area contributed by atoms with E-state index >= 15 is 0 Å². The summed E-state index contributed by atoms with van der Waals surface area (Å²) in [4.78, 5) is 23.1. The van der Waals surface area contributed by atoms with Crippen LogP contribution in [0.5, 0.6) is 5.88 Å². The number of carbonyl (C=O) groups excluding carboxylic acids is 1. The van der Waals surface area contributed by atoms with Gasteiger partial charge >= 0.3 is 0 Å². The van der Waals surface area contributed by atoms with E-state index in [2.05, 4.69) is 9.97 Å². The maximum atomic E-state index is 13.1. The molecule has 0 saturated heterocycles. The van der Waals surface area contributed by atoms with E-state index in [1.165, 1.54) is 0 Å². The van der Waals surface area contributed by atoms with Crippen molar-refractivity contribution in [2.75, 3.05) is 13.2 Å². The number of rotatable bonds is 8. The summed E-state index contributed by atoms with van der Waals surface area (Å²) < 4.78 is 5.47. The van der Waals surface area contributed by atoms with Gasteiger partial charge in [-0.3, -0.25) is 9.78 Å². The Hall–Kier alpha value is -2.47. The fraction of sp³-hybridized carbons (Fsp3) is 0.389. The van der Waals surface area contributed by atoms with Crippen molar-refractivity contribution >= 4 is 5.91 Å². The zero-order valence-electron chi connectivity index (χ0n) is 14.1. The van der Waals surface area contributed by atoms with E-state index in [0.29, 0.717) is 31.0 Å². The SMILES string of the molecule is CCOc1ncccc1C(=O)N(Cc1ccccn1)[C@H](CC)CO. The summed E-state index contributed by atoms with van der Waals surface area (Å²) >= 11 is 0. The highest BCUT2D eigenvalue weighted by molar-refractivity contribution is 5.96. The lowest BCUT2D eigenvalue weighted by Crippen LogP contribution is -2.42. The minimum atomic E-state index is -0.297. The molecule has 0 fully saturated rings. The number of aliphatic hydroxyl groups excluding tert-OH is 1. The van der Waals surface area contributed by atoms with Crippen LogP contribution in [0, 0.1) is 0 Å². The van der Waals surface area contributed by atoms with Crippen molar-refractivity contribution in [1.82, 2.24) is 14.9 Å². The van der Waals surface area contributed by atoms with Gasteiger partial charge in [0, 0.05) is 12.4 Å². The minimum Gasteiger partial charge on any atom is -0.477 e. The number of hydrogen-bond acceptors (Lipinski definition) is 5. The molecule has 0 aliphatic heterocycles. The summed E-state index contributed by atoms with van der Waals surface area (Å²) in [6.45, 7) is 4.41. The molecule has 0 spiro atoms. The Balaban J connectivity index is 2.34. The Kier molecular flexibility index (Phi) is 6.69. The molecule has 0 unspecified atom stereocenters. The molecule has 0 aliphatic rings. The van der Waals surface area contributed by atoms with Crippen molar-refractivity contribution in [1.29, 1.82) is 0 Å². The second kappa shape index (κ2) is 8.98. The van der Waals surface area contributed by atoms with Gasteiger partial charge in [0.2, 0.25) is 5.88 Å². The van der Waals surface area contributed by atoms with E-state index in [-0.39, 0.29) is 18.6 Å². The standard InChI is InChI=1S/C18H23N3O3/c1-3-15(13-22)21(12-14-8-5-6-10-19-14)18(23)16-9-7-11-20-17(16)24-4-2/h5-11,15,22H,3-4,12-13H2,1-2H3/t15-/m1/s1. The quantitative estimate of drug-likeness (QED) is 0.804. The van der Waals surface area contributed by atoms with Crippen LogP contribution in [0.3, 0.4) is 0 Å². The van der Waals surface area contributed by atoms with Crippen LogP contribution < -0.4 is 4.74 Å². The van der Waals surface area contributed by atoms with Crippen molar-refractivity contribution < 1.29 is 14.6 Å². The van der Waals surface area contributed by atoms with E-state index in [0.717, 1.165) is 5.69 Å². The summed E-state index contributed by atoms with van der Waals surface area (Å²) in [7, 11) is 0. The first-order valence-corrected chi connectivity index (χ1v) is 8.10. The number of ether oxygens (including phenoxy) is 1. The van der Waals surface area contributed by atoms with E-state index in [4.69, 9.17) is 4.74 Å². The van der Waals surface area contributed by atoms with Gasteiger partial charge in [-0.05, 0) is 37.6 Å². The molecule has 2 rings (SSSR count). The molecule has 0 aromatic carbocycles. The molecule has 2 aromatic rings. The van der Waals surface area contributed by atoms with Crippen LogP contribution in [0.2, 0.25) is 0 Å². The smallest absolute Gasteiger partial charge is 0.260 e. The first-order valence-electron chi connectivity index (χ1n) is 8.10. The van der Waals surface area contributed by atoms with Crippen molar-refractivity contribution in [3.05, 3.63) is 54.0 Å². The molecule has 1 amide bonds. The van der Waals surface area contributed by atoms with Gasteiger partial charge in [-0.15, -0.1) is 0 Å². The highest BCUT2D eigenvalue weighted by atomic mass is 16.5. The monoisotopic (exact) mass is 329 g/mol. The minimum absolute atomic E-state index is 0.112. The summed E-state index contributed by atoms with van der Waals surface area (Å²) in [5, 5.41) is 9.68. The normalized spacial score (nSPS) is 11.8. The Labute approximate surface area is 142 Å². The van der Waals surface area contributed by atoms with Crippen LogP contribution in [-0.4, -0.2) is 45.1 Å². The maximum Gasteiger partial charge on any atom is 0.260 e. The lowest BCUT2D eigenvalue weighted by molar-refractivity contribution is 0.0555. The third-order valence-corrected chi connectivity index (χ3v) is 3.72. The number of amides is 1. The Morgan fingerprint density at radius 1 is 1.21 bits per heavy atom. The van der Waals surface area contributed by atoms with Gasteiger partial charge < -0.3 is 14.7 Å². The molecule has 2 heterocycles. The van der Waals surface area contributed by atoms with Crippen LogP contribution in [0.4, 0.5) is 0 Å². The molecule has 0 aliphatic carbocycles. The van der Waals surface area contributed by atoms with Crippen LogP contribution in [-0.2, 0) is 6.54 Å². The van der Waals surface area contributed by atoms with Crippen molar-refractivity contribution in [2.45, 2.75) is 32.9 Å². The highest BCUT2D eigenvalue weighted by Gasteiger charge is 2.26. The first-order chi connectivity index (χ1) is 11.7. The molecule has 24 heavy (non-hydrogen) atoms. The second-order valence-corrected chi connectivity index (χ2v) is 5.29. The van der Waals surface area contributed by atoms with Crippen LogP contribution in [0.25, 0.3) is 0 Å². The van der Waals surface area contributed by atoms with Crippen molar-refractivity contribution in [3.63, 3.8) is 0 Å². The van der Waals surface area contributed by atoms with Gasteiger partial charge in [-0.25, -0.2) is 4.98 Å². The van der Waals surface area contributed by atoms with E-state index in [1.54, 1.807) is 29.4 Å². The topological polar surface area (TPSA) is 75.5 Å². The molecular formula is C18H23N3O3. The van der Waals surface area contributed by atoms with E-state index in [1.807, 2.05) is 32.0 Å². The van der Waals surface area contributed by atoms with Gasteiger partial charge in [0.15, 0.2) is 0 Å². The zero-order chi connectivity index (χ0) is 17.4. The van der Waals surface area contributed by atoms with Gasteiger partial charge in [-0.1, -0.05) is 13.0 Å². The fourth-order valence-electron chi connectivity index (χ4n) is 2.44. The number of nitrogens with zero attached hydrogens (tertiary/aromatic N) is 3. The molecule has 2 aromatic heterocycles. The Morgan fingerprint density at radius 3 is 2.62 bits per heavy atom. The van der Waals surface area contributed by atoms with Crippen LogP contribution >= 0.6 is 0 Å². The Morgan fingerprint density at radius 2 is 2.00 bits per heavy atom. The number of hydrogen-bond donors (Lipinski definition) is 1. The molecule has 128 valence electrons. The molecular weight excluding hydrogens is 306 g/mol. The molecule has 1 atom stereocenters. The highest BCUT2D eigenvalue weighted by Crippen LogP contribution is 2.20. The zero-order valence-corrected chi connectivity index (χ0v) is 14.1. The predicted molar refractivity (Wildman–Crippen MR) is 90.7 cm³/mol. The maximum absolute atomic E-state index is 13.1. The third kappa shape index (κ3) is 4.29. The summed E-state index contributed by atoms with van der Waals surface area (Å²) in [6, 6.07) is 8.66. The summed E-state index contributed by atoms with van der Waals surface area (Å²) in [5.74, 6) is 0.0851. The number of carbonyl (C=O) groups is 1. The predicted octanol–water partition coefficient (Wildman–Crippen LogP) is 2.29. The summed E-state index contributed by atoms with van der Waals surface area (Å²) in [6.07, 6.45) is 3.92. The second-order valence-electron chi connectivity index (χ2n) is 5.29. The molecule has 6 heteroatoms.